The van der Waals surface area contributed by atoms with Crippen molar-refractivity contribution in [1.29, 1.82) is 0 Å². The van der Waals surface area contributed by atoms with E-state index in [4.69, 9.17) is 0 Å². The lowest BCUT2D eigenvalue weighted by Crippen LogP contribution is -2.37. The number of likely N-dealkylation sites (tertiary alicyclic amines) is 1. The number of pyridine rings is 1. The van der Waals surface area contributed by atoms with Gasteiger partial charge in [0.1, 0.15) is 0 Å². The van der Waals surface area contributed by atoms with E-state index in [1.807, 2.05) is 18.2 Å². The van der Waals surface area contributed by atoms with Gasteiger partial charge in [0, 0.05) is 18.7 Å². The third-order valence-corrected chi connectivity index (χ3v) is 4.38. The summed E-state index contributed by atoms with van der Waals surface area (Å²) in [5.74, 6) is 0.731. The Morgan fingerprint density at radius 1 is 1.25 bits per heavy atom. The van der Waals surface area contributed by atoms with Crippen LogP contribution in [0.3, 0.4) is 0 Å². The van der Waals surface area contributed by atoms with E-state index in [1.165, 1.54) is 38.8 Å². The van der Waals surface area contributed by atoms with Crippen molar-refractivity contribution in [3.8, 4) is 0 Å². The third-order valence-electron chi connectivity index (χ3n) is 4.38. The summed E-state index contributed by atoms with van der Waals surface area (Å²) in [4.78, 5) is 18.8. The monoisotopic (exact) mass is 273 g/mol. The van der Waals surface area contributed by atoms with Crippen molar-refractivity contribution >= 4 is 5.91 Å². The van der Waals surface area contributed by atoms with Crippen LogP contribution < -0.4 is 5.32 Å². The van der Waals surface area contributed by atoms with Crippen LogP contribution in [-0.4, -0.2) is 34.9 Å². The van der Waals surface area contributed by atoms with E-state index in [1.54, 1.807) is 6.20 Å². The highest BCUT2D eigenvalue weighted by Gasteiger charge is 2.32. The fourth-order valence-corrected chi connectivity index (χ4v) is 2.99. The van der Waals surface area contributed by atoms with Crippen molar-refractivity contribution in [3.05, 3.63) is 30.1 Å². The fourth-order valence-electron chi connectivity index (χ4n) is 2.99. The lowest BCUT2D eigenvalue weighted by molar-refractivity contribution is -0.122. The van der Waals surface area contributed by atoms with Crippen LogP contribution in [0.5, 0.6) is 0 Å². The molecule has 0 atom stereocenters. The molecule has 1 amide bonds. The van der Waals surface area contributed by atoms with Crippen LogP contribution in [0.15, 0.2) is 24.4 Å². The summed E-state index contributed by atoms with van der Waals surface area (Å²) in [5.41, 5.74) is 0.921. The molecular weight excluding hydrogens is 250 g/mol. The fraction of sp³-hybridized carbons (Fsp3) is 0.625. The van der Waals surface area contributed by atoms with Gasteiger partial charge in [0.25, 0.3) is 0 Å². The van der Waals surface area contributed by atoms with E-state index in [0.29, 0.717) is 18.9 Å². The van der Waals surface area contributed by atoms with Gasteiger partial charge >= 0.3 is 0 Å². The maximum absolute atomic E-state index is 12.0. The normalized spacial score (nSPS) is 20.8. The van der Waals surface area contributed by atoms with Gasteiger partial charge in [-0.05, 0) is 56.8 Å². The maximum atomic E-state index is 12.0. The molecule has 2 fully saturated rings. The van der Waals surface area contributed by atoms with Crippen LogP contribution >= 0.6 is 0 Å². The molecule has 3 rings (SSSR count). The minimum atomic E-state index is 0.167. The van der Waals surface area contributed by atoms with E-state index < -0.39 is 0 Å². The largest absolute Gasteiger partial charge is 0.350 e. The van der Waals surface area contributed by atoms with Gasteiger partial charge in [-0.15, -0.1) is 0 Å². The minimum absolute atomic E-state index is 0.167. The Bertz CT molecular complexity index is 436. The van der Waals surface area contributed by atoms with Crippen LogP contribution in [0.2, 0.25) is 0 Å². The van der Waals surface area contributed by atoms with Gasteiger partial charge in [-0.1, -0.05) is 6.07 Å². The van der Waals surface area contributed by atoms with E-state index in [-0.39, 0.29) is 5.91 Å². The number of piperidine rings is 1. The van der Waals surface area contributed by atoms with E-state index >= 15 is 0 Å². The molecule has 1 aliphatic heterocycles. The average molecular weight is 273 g/mol. The first-order chi connectivity index (χ1) is 9.81. The first kappa shape index (κ1) is 13.6. The van der Waals surface area contributed by atoms with Crippen LogP contribution in [-0.2, 0) is 11.3 Å². The molecule has 108 valence electrons. The van der Waals surface area contributed by atoms with Crippen molar-refractivity contribution in [2.75, 3.05) is 13.1 Å². The Morgan fingerprint density at radius 2 is 2.05 bits per heavy atom. The summed E-state index contributed by atoms with van der Waals surface area (Å²) in [6.07, 6.45) is 7.55. The zero-order valence-electron chi connectivity index (χ0n) is 11.9. The molecule has 4 nitrogen and oxygen atoms in total. The predicted molar refractivity (Wildman–Crippen MR) is 78.0 cm³/mol. The molecule has 1 aliphatic carbocycles. The summed E-state index contributed by atoms with van der Waals surface area (Å²) in [7, 11) is 0. The van der Waals surface area contributed by atoms with Crippen LogP contribution in [0, 0.1) is 5.92 Å². The quantitative estimate of drug-likeness (QED) is 0.892. The SMILES string of the molecule is O=C(CC1CCN(C2CC2)CC1)NCc1ccccn1. The number of nitrogens with zero attached hydrogens (tertiary/aromatic N) is 2. The Hall–Kier alpha value is -1.42. The molecule has 0 unspecified atom stereocenters. The zero-order valence-corrected chi connectivity index (χ0v) is 11.9. The van der Waals surface area contributed by atoms with Gasteiger partial charge in [-0.2, -0.15) is 0 Å². The summed E-state index contributed by atoms with van der Waals surface area (Å²) >= 11 is 0. The smallest absolute Gasteiger partial charge is 0.220 e. The summed E-state index contributed by atoms with van der Waals surface area (Å²) in [6.45, 7) is 2.91. The molecule has 2 heterocycles. The molecule has 1 aromatic heterocycles. The van der Waals surface area contributed by atoms with Gasteiger partial charge in [0.15, 0.2) is 0 Å². The molecule has 0 spiro atoms. The highest BCUT2D eigenvalue weighted by atomic mass is 16.1. The van der Waals surface area contributed by atoms with Crippen molar-refractivity contribution in [2.24, 2.45) is 5.92 Å². The second-order valence-corrected chi connectivity index (χ2v) is 6.01. The lowest BCUT2D eigenvalue weighted by atomic mass is 9.93. The Morgan fingerprint density at radius 3 is 2.70 bits per heavy atom. The molecule has 20 heavy (non-hydrogen) atoms. The number of hydrogen-bond donors (Lipinski definition) is 1. The number of carbonyl (C=O) groups is 1. The van der Waals surface area contributed by atoms with E-state index in [2.05, 4.69) is 15.2 Å². The van der Waals surface area contributed by atoms with Crippen LogP contribution in [0.4, 0.5) is 0 Å². The summed E-state index contributed by atoms with van der Waals surface area (Å²) in [6, 6.07) is 6.64. The van der Waals surface area contributed by atoms with Crippen LogP contribution in [0.25, 0.3) is 0 Å². The number of amides is 1. The molecule has 4 heteroatoms. The minimum Gasteiger partial charge on any atom is -0.350 e. The van der Waals surface area contributed by atoms with E-state index in [0.717, 1.165) is 11.7 Å². The third kappa shape index (κ3) is 3.79. The lowest BCUT2D eigenvalue weighted by Gasteiger charge is -2.31. The van der Waals surface area contributed by atoms with Crippen molar-refractivity contribution in [2.45, 2.75) is 44.7 Å². The van der Waals surface area contributed by atoms with Gasteiger partial charge < -0.3 is 10.2 Å². The second kappa shape index (κ2) is 6.35. The first-order valence-corrected chi connectivity index (χ1v) is 7.72. The Balaban J connectivity index is 1.36. The highest BCUT2D eigenvalue weighted by Crippen LogP contribution is 2.31. The molecule has 0 bridgehead atoms. The second-order valence-electron chi connectivity index (χ2n) is 6.01. The molecule has 0 aromatic carbocycles. The summed E-state index contributed by atoms with van der Waals surface area (Å²) < 4.78 is 0. The molecule has 1 saturated heterocycles. The Labute approximate surface area is 120 Å². The molecule has 0 radical (unpaired) electrons. The molecule has 1 saturated carbocycles. The molecule has 1 N–H and O–H groups in total. The summed E-state index contributed by atoms with van der Waals surface area (Å²) in [5, 5.41) is 2.98. The van der Waals surface area contributed by atoms with Crippen LogP contribution in [0.1, 0.15) is 37.8 Å². The number of aromatic nitrogens is 1. The topological polar surface area (TPSA) is 45.2 Å². The number of rotatable bonds is 5. The standard InChI is InChI=1S/C16H23N3O/c20-16(18-12-14-3-1-2-8-17-14)11-13-6-9-19(10-7-13)15-4-5-15/h1-3,8,13,15H,4-7,9-12H2,(H,18,20). The zero-order chi connectivity index (χ0) is 13.8. The average Bonchev–Trinajstić information content (AvgIpc) is 3.32. The molecular formula is C16H23N3O. The van der Waals surface area contributed by atoms with Crippen molar-refractivity contribution in [1.82, 2.24) is 15.2 Å². The van der Waals surface area contributed by atoms with Gasteiger partial charge in [-0.25, -0.2) is 0 Å². The van der Waals surface area contributed by atoms with Gasteiger partial charge in [0.05, 0.1) is 12.2 Å². The maximum Gasteiger partial charge on any atom is 0.220 e. The van der Waals surface area contributed by atoms with Gasteiger partial charge in [-0.3, -0.25) is 9.78 Å². The first-order valence-electron chi connectivity index (χ1n) is 7.72. The van der Waals surface area contributed by atoms with Crippen molar-refractivity contribution < 1.29 is 4.79 Å². The van der Waals surface area contributed by atoms with Crippen molar-refractivity contribution in [3.63, 3.8) is 0 Å². The molecule has 1 aromatic rings. The van der Waals surface area contributed by atoms with E-state index in [9.17, 15) is 4.79 Å². The predicted octanol–water partition coefficient (Wildman–Crippen LogP) is 1.96. The highest BCUT2D eigenvalue weighted by molar-refractivity contribution is 5.76. The van der Waals surface area contributed by atoms with Gasteiger partial charge in [0.2, 0.25) is 5.91 Å². The number of hydrogen-bond acceptors (Lipinski definition) is 3. The number of carbonyl (C=O) groups excluding carboxylic acids is 1. The molecule has 2 aliphatic rings. The number of nitrogens with one attached hydrogen (secondary N) is 1. The Kier molecular flexibility index (Phi) is 4.31.